The second-order valence-corrected chi connectivity index (χ2v) is 20.8. The first-order valence-electron chi connectivity index (χ1n) is 27.4. The molecule has 0 atom stereocenters. The zero-order chi connectivity index (χ0) is 52.7. The lowest BCUT2D eigenvalue weighted by Crippen LogP contribution is -2.11. The van der Waals surface area contributed by atoms with Crippen molar-refractivity contribution in [3.8, 4) is 27.9 Å². The van der Waals surface area contributed by atoms with E-state index in [9.17, 15) is 0 Å². The van der Waals surface area contributed by atoms with Crippen LogP contribution < -0.4 is 9.80 Å². The molecule has 16 aromatic rings. The highest BCUT2D eigenvalue weighted by Crippen LogP contribution is 2.48. The van der Waals surface area contributed by atoms with Crippen LogP contribution in [0.15, 0.2) is 302 Å². The van der Waals surface area contributed by atoms with E-state index in [1.807, 2.05) is 6.07 Å². The summed E-state index contributed by atoms with van der Waals surface area (Å²) in [6.07, 6.45) is 0. The lowest BCUT2D eigenvalue weighted by Gasteiger charge is -2.28. The van der Waals surface area contributed by atoms with Crippen LogP contribution in [0.25, 0.3) is 115 Å². The maximum atomic E-state index is 6.73. The van der Waals surface area contributed by atoms with Crippen LogP contribution in [0.4, 0.5) is 34.1 Å². The fourth-order valence-electron chi connectivity index (χ4n) is 12.6. The maximum Gasteiger partial charge on any atom is 0.159 e. The van der Waals surface area contributed by atoms with Crippen molar-refractivity contribution in [1.29, 1.82) is 0 Å². The summed E-state index contributed by atoms with van der Waals surface area (Å²) < 4.78 is 9.11. The largest absolute Gasteiger partial charge is 0.454 e. The van der Waals surface area contributed by atoms with E-state index in [2.05, 4.69) is 306 Å². The highest BCUT2D eigenvalue weighted by molar-refractivity contribution is 6.18. The summed E-state index contributed by atoms with van der Waals surface area (Å²) in [5, 5.41) is 14.3. The summed E-state index contributed by atoms with van der Waals surface area (Å²) in [7, 11) is 0. The van der Waals surface area contributed by atoms with Crippen molar-refractivity contribution in [1.82, 2.24) is 4.57 Å². The minimum Gasteiger partial charge on any atom is -0.454 e. The molecule has 2 heterocycles. The van der Waals surface area contributed by atoms with E-state index in [1.165, 1.54) is 64.9 Å². The van der Waals surface area contributed by atoms with Crippen LogP contribution >= 0.6 is 0 Å². The van der Waals surface area contributed by atoms with Gasteiger partial charge < -0.3 is 18.8 Å². The normalized spacial score (nSPS) is 11.8. The molecule has 0 unspecified atom stereocenters. The molecule has 14 aromatic carbocycles. The van der Waals surface area contributed by atoms with Gasteiger partial charge in [-0.05, 0) is 140 Å². The van der Waals surface area contributed by atoms with Gasteiger partial charge in [0.25, 0.3) is 0 Å². The Morgan fingerprint density at radius 1 is 0.250 bits per heavy atom. The predicted molar refractivity (Wildman–Crippen MR) is 338 cm³/mol. The Bertz CT molecular complexity index is 5060. The van der Waals surface area contributed by atoms with E-state index >= 15 is 0 Å². The zero-order valence-electron chi connectivity index (χ0n) is 43.5. The molecule has 0 bridgehead atoms. The molecule has 0 saturated heterocycles. The van der Waals surface area contributed by atoms with Crippen molar-refractivity contribution in [3.63, 3.8) is 0 Å². The number of benzene rings is 14. The molecule has 4 heteroatoms. The first-order valence-corrected chi connectivity index (χ1v) is 27.4. The van der Waals surface area contributed by atoms with Crippen LogP contribution in [0.1, 0.15) is 0 Å². The molecule has 0 saturated carbocycles. The number of nitrogens with zero attached hydrogens (tertiary/aromatic N) is 3. The molecule has 0 spiro atoms. The highest BCUT2D eigenvalue weighted by atomic mass is 16.3. The minimum atomic E-state index is 0.860. The van der Waals surface area contributed by atoms with Crippen molar-refractivity contribution in [2.24, 2.45) is 0 Å². The van der Waals surface area contributed by atoms with E-state index in [4.69, 9.17) is 4.42 Å². The molecule has 16 rings (SSSR count). The van der Waals surface area contributed by atoms with E-state index in [0.717, 1.165) is 84.0 Å². The Hall–Kier alpha value is -10.7. The second-order valence-electron chi connectivity index (χ2n) is 20.8. The van der Waals surface area contributed by atoms with Crippen molar-refractivity contribution in [3.05, 3.63) is 297 Å². The molecule has 4 nitrogen and oxygen atoms in total. The molecule has 374 valence electrons. The molecule has 0 amide bonds. The standard InChI is InChI=1S/C76H49N3O/c1-2-19-56(20-3-1)78-70-30-14-12-27-66(70)69-49-59(45-46-71(69)78)77(73-47-54-17-4-6-21-60(54)62-23-8-10-25-64(62)73)57-41-37-52(38-42-57)50-33-35-51(36-34-50)53-39-43-58(44-40-53)79(72-31-16-29-68-67-28-13-15-32-75(67)80-76(68)72)74-48-55-18-5-7-22-61(55)63-24-9-11-26-65(63)74/h1-49H. The molecular weight excluding hydrogens is 971 g/mol. The molecular formula is C76H49N3O. The SMILES string of the molecule is c1ccc(-n2c3ccccc3c3cc(N(c4ccc(-c5ccc(-c6ccc(N(c7cc8ccccc8c8ccccc78)c7cccc8c7oc7ccccc78)cc6)cc5)cc4)c4cc5ccccc5c5ccccc45)ccc32)cc1. The van der Waals surface area contributed by atoms with Gasteiger partial charge in [0.05, 0.1) is 28.1 Å². The summed E-state index contributed by atoms with van der Waals surface area (Å²) in [4.78, 5) is 4.82. The van der Waals surface area contributed by atoms with Gasteiger partial charge in [0.1, 0.15) is 5.58 Å². The summed E-state index contributed by atoms with van der Waals surface area (Å²) in [5.74, 6) is 0. The number of furan rings is 1. The van der Waals surface area contributed by atoms with Gasteiger partial charge in [-0.3, -0.25) is 0 Å². The van der Waals surface area contributed by atoms with Gasteiger partial charge in [0.2, 0.25) is 0 Å². The number of rotatable bonds is 9. The smallest absolute Gasteiger partial charge is 0.159 e. The number of para-hydroxylation sites is 4. The van der Waals surface area contributed by atoms with Crippen LogP contribution in [-0.2, 0) is 0 Å². The van der Waals surface area contributed by atoms with Gasteiger partial charge >= 0.3 is 0 Å². The molecule has 0 aliphatic heterocycles. The molecule has 0 aliphatic carbocycles. The summed E-state index contributed by atoms with van der Waals surface area (Å²) in [6, 6.07) is 108. The molecule has 0 aliphatic rings. The van der Waals surface area contributed by atoms with Crippen molar-refractivity contribution >= 4 is 121 Å². The molecule has 0 radical (unpaired) electrons. The third kappa shape index (κ3) is 7.38. The van der Waals surface area contributed by atoms with Crippen LogP contribution in [0, 0.1) is 0 Å². The maximum absolute atomic E-state index is 6.73. The minimum absolute atomic E-state index is 0.860. The van der Waals surface area contributed by atoms with Crippen molar-refractivity contribution < 1.29 is 4.42 Å². The Balaban J connectivity index is 0.770. The molecule has 0 N–H and O–H groups in total. The van der Waals surface area contributed by atoms with E-state index < -0.39 is 0 Å². The fourth-order valence-corrected chi connectivity index (χ4v) is 12.6. The third-order valence-electron chi connectivity index (χ3n) is 16.3. The second kappa shape index (κ2) is 18.5. The monoisotopic (exact) mass is 1020 g/mol. The Kier molecular flexibility index (Phi) is 10.5. The number of fused-ring (bicyclic) bond motifs is 12. The van der Waals surface area contributed by atoms with E-state index in [0.29, 0.717) is 0 Å². The number of hydrogen-bond acceptors (Lipinski definition) is 3. The summed E-state index contributed by atoms with van der Waals surface area (Å²) >= 11 is 0. The van der Waals surface area contributed by atoms with Crippen LogP contribution in [0.3, 0.4) is 0 Å². The lowest BCUT2D eigenvalue weighted by atomic mass is 9.97. The molecule has 2 aromatic heterocycles. The first kappa shape index (κ1) is 45.5. The zero-order valence-corrected chi connectivity index (χ0v) is 43.5. The number of anilines is 6. The van der Waals surface area contributed by atoms with Crippen LogP contribution in [0.2, 0.25) is 0 Å². The van der Waals surface area contributed by atoms with Gasteiger partial charge in [-0.2, -0.15) is 0 Å². The van der Waals surface area contributed by atoms with Crippen molar-refractivity contribution in [2.45, 2.75) is 0 Å². The molecule has 80 heavy (non-hydrogen) atoms. The average Bonchev–Trinajstić information content (AvgIpc) is 4.27. The molecule has 0 fully saturated rings. The van der Waals surface area contributed by atoms with E-state index in [-0.39, 0.29) is 0 Å². The number of hydrogen-bond donors (Lipinski definition) is 0. The lowest BCUT2D eigenvalue weighted by molar-refractivity contribution is 0.669. The van der Waals surface area contributed by atoms with Gasteiger partial charge in [-0.1, -0.05) is 212 Å². The predicted octanol–water partition coefficient (Wildman–Crippen LogP) is 21.6. The van der Waals surface area contributed by atoms with Gasteiger partial charge in [-0.25, -0.2) is 0 Å². The van der Waals surface area contributed by atoms with Gasteiger partial charge in [0, 0.05) is 55.1 Å². The van der Waals surface area contributed by atoms with Gasteiger partial charge in [0.15, 0.2) is 5.58 Å². The van der Waals surface area contributed by atoms with Gasteiger partial charge in [-0.15, -0.1) is 0 Å². The Labute approximate surface area is 462 Å². The number of aromatic nitrogens is 1. The summed E-state index contributed by atoms with van der Waals surface area (Å²) in [6.45, 7) is 0. The Morgan fingerprint density at radius 3 is 1.30 bits per heavy atom. The Morgan fingerprint density at radius 2 is 0.688 bits per heavy atom. The van der Waals surface area contributed by atoms with Crippen LogP contribution in [0.5, 0.6) is 0 Å². The first-order chi connectivity index (χ1) is 39.7. The third-order valence-corrected chi connectivity index (χ3v) is 16.3. The summed E-state index contributed by atoms with van der Waals surface area (Å²) in [5.41, 5.74) is 16.3. The highest BCUT2D eigenvalue weighted by Gasteiger charge is 2.24. The van der Waals surface area contributed by atoms with Crippen LogP contribution in [-0.4, -0.2) is 4.57 Å². The average molecular weight is 1020 g/mol. The quantitative estimate of drug-likeness (QED) is 0.135. The van der Waals surface area contributed by atoms with E-state index in [1.54, 1.807) is 0 Å². The topological polar surface area (TPSA) is 24.6 Å². The fraction of sp³-hybridized carbons (Fsp3) is 0. The van der Waals surface area contributed by atoms with Crippen molar-refractivity contribution in [2.75, 3.05) is 9.80 Å².